The summed E-state index contributed by atoms with van der Waals surface area (Å²) in [6.07, 6.45) is 0. The van der Waals surface area contributed by atoms with E-state index in [2.05, 4.69) is 5.16 Å². The number of aryl methyl sites for hydroxylation is 1. The number of halogens is 1. The zero-order valence-corrected chi connectivity index (χ0v) is 18.2. The van der Waals surface area contributed by atoms with Crippen LogP contribution in [0.3, 0.4) is 0 Å². The first kappa shape index (κ1) is 21.4. The van der Waals surface area contributed by atoms with Crippen LogP contribution in [0.1, 0.15) is 16.1 Å². The van der Waals surface area contributed by atoms with Crippen LogP contribution < -0.4 is 0 Å². The lowest BCUT2D eigenvalue weighted by Gasteiger charge is -2.33. The van der Waals surface area contributed by atoms with E-state index < -0.39 is 10.0 Å². The molecule has 0 spiro atoms. The van der Waals surface area contributed by atoms with Crippen LogP contribution in [0.5, 0.6) is 5.75 Å². The van der Waals surface area contributed by atoms with E-state index in [1.54, 1.807) is 43.3 Å². The lowest BCUT2D eigenvalue weighted by Crippen LogP contribution is -2.50. The number of phenolic OH excluding ortho intramolecular Hbond substituents is 1. The van der Waals surface area contributed by atoms with Crippen molar-refractivity contribution < 1.29 is 22.8 Å². The molecular weight excluding hydrogens is 442 g/mol. The summed E-state index contributed by atoms with van der Waals surface area (Å²) in [6, 6.07) is 13.0. The number of nitrogens with zero attached hydrogens (tertiary/aromatic N) is 3. The summed E-state index contributed by atoms with van der Waals surface area (Å²) < 4.78 is 32.4. The van der Waals surface area contributed by atoms with Gasteiger partial charge in [0.1, 0.15) is 10.6 Å². The first-order valence-electron chi connectivity index (χ1n) is 9.57. The van der Waals surface area contributed by atoms with E-state index in [9.17, 15) is 18.3 Å². The average Bonchev–Trinajstić information content (AvgIpc) is 3.25. The van der Waals surface area contributed by atoms with Crippen LogP contribution in [-0.2, 0) is 10.0 Å². The van der Waals surface area contributed by atoms with E-state index in [1.165, 1.54) is 21.3 Å². The Kier molecular flexibility index (Phi) is 5.74. The SMILES string of the molecule is Cc1ccc(O)c(S(=O)(=O)N2CCN(C(=O)c3cc(-c4cccc(Cl)c4)on3)CC2)c1. The number of aromatic hydroxyl groups is 1. The molecule has 1 saturated heterocycles. The predicted octanol–water partition coefficient (Wildman–Crippen LogP) is 3.16. The van der Waals surface area contributed by atoms with Crippen LogP contribution in [0.4, 0.5) is 0 Å². The van der Waals surface area contributed by atoms with Crippen molar-refractivity contribution in [1.82, 2.24) is 14.4 Å². The maximum atomic E-state index is 12.9. The van der Waals surface area contributed by atoms with Crippen molar-refractivity contribution in [2.75, 3.05) is 26.2 Å². The number of benzene rings is 2. The van der Waals surface area contributed by atoms with Gasteiger partial charge in [-0.15, -0.1) is 0 Å². The number of carbonyl (C=O) groups is 1. The summed E-state index contributed by atoms with van der Waals surface area (Å²) in [5.74, 6) is -0.213. The molecule has 1 aliphatic rings. The lowest BCUT2D eigenvalue weighted by molar-refractivity contribution is 0.0687. The van der Waals surface area contributed by atoms with Crippen LogP contribution in [0.2, 0.25) is 5.02 Å². The molecule has 1 aliphatic heterocycles. The Morgan fingerprint density at radius 1 is 1.10 bits per heavy atom. The molecule has 2 heterocycles. The quantitative estimate of drug-likeness (QED) is 0.640. The van der Waals surface area contributed by atoms with Gasteiger partial charge in [0.25, 0.3) is 5.91 Å². The zero-order valence-electron chi connectivity index (χ0n) is 16.7. The van der Waals surface area contributed by atoms with Gasteiger partial charge in [0.05, 0.1) is 0 Å². The van der Waals surface area contributed by atoms with Gasteiger partial charge >= 0.3 is 0 Å². The van der Waals surface area contributed by atoms with Gasteiger partial charge in [-0.3, -0.25) is 4.79 Å². The first-order valence-corrected chi connectivity index (χ1v) is 11.4. The van der Waals surface area contributed by atoms with Gasteiger partial charge in [-0.05, 0) is 36.8 Å². The molecule has 1 N–H and O–H groups in total. The van der Waals surface area contributed by atoms with Gasteiger partial charge < -0.3 is 14.5 Å². The third kappa shape index (κ3) is 4.30. The summed E-state index contributed by atoms with van der Waals surface area (Å²) in [6.45, 7) is 2.37. The van der Waals surface area contributed by atoms with Crippen molar-refractivity contribution in [3.8, 4) is 17.1 Å². The van der Waals surface area contributed by atoms with Crippen LogP contribution in [-0.4, -0.2) is 60.0 Å². The molecule has 4 rings (SSSR count). The number of carbonyl (C=O) groups excluding carboxylic acids is 1. The van der Waals surface area contributed by atoms with Gasteiger partial charge in [0.2, 0.25) is 10.0 Å². The maximum absolute atomic E-state index is 12.9. The predicted molar refractivity (Wildman–Crippen MR) is 114 cm³/mol. The van der Waals surface area contributed by atoms with Crippen LogP contribution >= 0.6 is 11.6 Å². The van der Waals surface area contributed by atoms with Gasteiger partial charge in [-0.25, -0.2) is 8.42 Å². The van der Waals surface area contributed by atoms with Crippen molar-refractivity contribution >= 4 is 27.5 Å². The first-order chi connectivity index (χ1) is 14.8. The van der Waals surface area contributed by atoms with Gasteiger partial charge in [0.15, 0.2) is 11.5 Å². The van der Waals surface area contributed by atoms with Gasteiger partial charge in [-0.1, -0.05) is 35.0 Å². The Bertz CT molecular complexity index is 1230. The second kappa shape index (κ2) is 8.33. The molecule has 0 unspecified atom stereocenters. The van der Waals surface area contributed by atoms with Crippen molar-refractivity contribution in [3.63, 3.8) is 0 Å². The van der Waals surface area contributed by atoms with E-state index in [1.807, 2.05) is 0 Å². The smallest absolute Gasteiger partial charge is 0.276 e. The maximum Gasteiger partial charge on any atom is 0.276 e. The molecule has 8 nitrogen and oxygen atoms in total. The molecule has 0 bridgehead atoms. The van der Waals surface area contributed by atoms with E-state index in [0.717, 1.165) is 5.56 Å². The monoisotopic (exact) mass is 461 g/mol. The molecule has 0 atom stereocenters. The minimum absolute atomic E-state index is 0.112. The molecule has 0 radical (unpaired) electrons. The Morgan fingerprint density at radius 2 is 1.84 bits per heavy atom. The number of aromatic nitrogens is 1. The Labute approximate surface area is 184 Å². The summed E-state index contributed by atoms with van der Waals surface area (Å²) in [4.78, 5) is 14.2. The van der Waals surface area contributed by atoms with E-state index >= 15 is 0 Å². The highest BCUT2D eigenvalue weighted by Gasteiger charge is 2.33. The zero-order chi connectivity index (χ0) is 22.2. The molecule has 3 aromatic rings. The van der Waals surface area contributed by atoms with Crippen LogP contribution in [0.25, 0.3) is 11.3 Å². The van der Waals surface area contributed by atoms with Crippen molar-refractivity contribution in [3.05, 3.63) is 64.8 Å². The molecule has 1 amide bonds. The van der Waals surface area contributed by atoms with Crippen molar-refractivity contribution in [2.24, 2.45) is 0 Å². The molecule has 10 heteroatoms. The van der Waals surface area contributed by atoms with Crippen molar-refractivity contribution in [1.29, 1.82) is 0 Å². The fourth-order valence-electron chi connectivity index (χ4n) is 3.41. The number of phenols is 1. The number of hydrogen-bond donors (Lipinski definition) is 1. The minimum Gasteiger partial charge on any atom is -0.507 e. The Morgan fingerprint density at radius 3 is 2.55 bits per heavy atom. The topological polar surface area (TPSA) is 104 Å². The highest BCUT2D eigenvalue weighted by Crippen LogP contribution is 2.28. The van der Waals surface area contributed by atoms with Crippen molar-refractivity contribution in [2.45, 2.75) is 11.8 Å². The number of piperazine rings is 1. The molecule has 162 valence electrons. The Hall–Kier alpha value is -2.88. The summed E-state index contributed by atoms with van der Waals surface area (Å²) in [5, 5.41) is 14.4. The molecule has 31 heavy (non-hydrogen) atoms. The summed E-state index contributed by atoms with van der Waals surface area (Å²) in [7, 11) is -3.87. The van der Waals surface area contributed by atoms with Gasteiger partial charge in [-0.2, -0.15) is 4.31 Å². The molecule has 1 fully saturated rings. The average molecular weight is 462 g/mol. The van der Waals surface area contributed by atoms with Crippen LogP contribution in [0, 0.1) is 6.92 Å². The normalized spacial score (nSPS) is 15.2. The second-order valence-corrected chi connectivity index (χ2v) is 9.60. The summed E-state index contributed by atoms with van der Waals surface area (Å²) >= 11 is 5.99. The van der Waals surface area contributed by atoms with Crippen LogP contribution in [0.15, 0.2) is 57.9 Å². The third-order valence-corrected chi connectivity index (χ3v) is 7.26. The fraction of sp³-hybridized carbons (Fsp3) is 0.238. The highest BCUT2D eigenvalue weighted by atomic mass is 35.5. The minimum atomic E-state index is -3.87. The third-order valence-electron chi connectivity index (χ3n) is 5.10. The van der Waals surface area contributed by atoms with E-state index in [0.29, 0.717) is 16.3 Å². The lowest BCUT2D eigenvalue weighted by atomic mass is 10.1. The second-order valence-electron chi connectivity index (χ2n) is 7.25. The Balaban J connectivity index is 1.45. The number of hydrogen-bond acceptors (Lipinski definition) is 6. The molecule has 2 aromatic carbocycles. The number of sulfonamides is 1. The standard InChI is InChI=1S/C21H20ClN3O5S/c1-14-5-6-18(26)20(11-14)31(28,29)25-9-7-24(8-10-25)21(27)17-13-19(30-23-17)15-3-2-4-16(22)12-15/h2-6,11-13,26H,7-10H2,1H3. The summed E-state index contributed by atoms with van der Waals surface area (Å²) in [5.41, 5.74) is 1.57. The van der Waals surface area contributed by atoms with Gasteiger partial charge in [0, 0.05) is 42.8 Å². The van der Waals surface area contributed by atoms with E-state index in [-0.39, 0.29) is 48.4 Å². The molecule has 0 saturated carbocycles. The molecule has 1 aromatic heterocycles. The van der Waals surface area contributed by atoms with E-state index in [4.69, 9.17) is 16.1 Å². The number of rotatable bonds is 4. The molecule has 0 aliphatic carbocycles. The molecular formula is C21H20ClN3O5S. The number of amides is 1. The largest absolute Gasteiger partial charge is 0.507 e. The fourth-order valence-corrected chi connectivity index (χ4v) is 5.19. The highest BCUT2D eigenvalue weighted by molar-refractivity contribution is 7.89.